The summed E-state index contributed by atoms with van der Waals surface area (Å²) in [7, 11) is 0. The maximum absolute atomic E-state index is 3.78. The van der Waals surface area contributed by atoms with Crippen molar-refractivity contribution in [3.05, 3.63) is 80.3 Å². The smallest absolute Gasteiger partial charge is 0.0453 e. The van der Waals surface area contributed by atoms with Crippen molar-refractivity contribution in [2.75, 3.05) is 0 Å². The topological polar surface area (TPSA) is 28.7 Å². The third kappa shape index (κ3) is 4.34. The highest BCUT2D eigenvalue weighted by molar-refractivity contribution is 5.78. The van der Waals surface area contributed by atoms with Crippen molar-refractivity contribution < 1.29 is 0 Å². The number of fused-ring (bicyclic) bond motifs is 1. The third-order valence-corrected chi connectivity index (χ3v) is 2.03. The Morgan fingerprint density at radius 3 is 2.06 bits per heavy atom. The third-order valence-electron chi connectivity index (χ3n) is 2.03. The molecule has 0 amide bonds. The lowest BCUT2D eigenvalue weighted by Gasteiger charge is -1.83. The van der Waals surface area contributed by atoms with Gasteiger partial charge in [-0.05, 0) is 29.7 Å². The fourth-order valence-electron chi connectivity index (χ4n) is 1.31. The van der Waals surface area contributed by atoms with Gasteiger partial charge in [-0.1, -0.05) is 24.3 Å². The van der Waals surface area contributed by atoms with Gasteiger partial charge < -0.3 is 4.98 Å². The van der Waals surface area contributed by atoms with Gasteiger partial charge in [-0.25, -0.2) is 0 Å². The zero-order valence-corrected chi connectivity index (χ0v) is 9.71. The molecule has 0 aliphatic carbocycles. The standard InChI is InChI=1S/C8H7N.C5H5N.C2H4/c1-2-4-8-7(3-1)5-6-9-8;1-2-4-6-5-3-1;1-2/h1-6,9H;1-5H;1-2H2. The molecular weight excluding hydrogens is 208 g/mol. The molecule has 0 spiro atoms. The summed E-state index contributed by atoms with van der Waals surface area (Å²) < 4.78 is 0. The molecule has 0 bridgehead atoms. The van der Waals surface area contributed by atoms with Gasteiger partial charge in [-0.3, -0.25) is 4.98 Å². The molecular formula is C15H16N2. The van der Waals surface area contributed by atoms with Crippen LogP contribution in [-0.4, -0.2) is 9.97 Å². The molecule has 3 aromatic rings. The van der Waals surface area contributed by atoms with E-state index in [-0.39, 0.29) is 0 Å². The van der Waals surface area contributed by atoms with Crippen LogP contribution in [0.1, 0.15) is 0 Å². The average molecular weight is 224 g/mol. The van der Waals surface area contributed by atoms with Gasteiger partial charge in [0.05, 0.1) is 0 Å². The first-order valence-electron chi connectivity index (χ1n) is 5.34. The molecule has 2 aromatic heterocycles. The molecule has 2 heterocycles. The number of rotatable bonds is 0. The van der Waals surface area contributed by atoms with Crippen molar-refractivity contribution in [1.82, 2.24) is 9.97 Å². The molecule has 0 radical (unpaired) electrons. The maximum Gasteiger partial charge on any atom is 0.0453 e. The zero-order chi connectivity index (χ0) is 12.3. The Labute approximate surface area is 102 Å². The largest absolute Gasteiger partial charge is 0.361 e. The van der Waals surface area contributed by atoms with Crippen molar-refractivity contribution in [2.45, 2.75) is 0 Å². The van der Waals surface area contributed by atoms with Crippen LogP contribution in [0.3, 0.4) is 0 Å². The molecule has 17 heavy (non-hydrogen) atoms. The van der Waals surface area contributed by atoms with Gasteiger partial charge in [0.1, 0.15) is 0 Å². The number of nitrogens with zero attached hydrogens (tertiary/aromatic N) is 1. The predicted molar refractivity (Wildman–Crippen MR) is 73.8 cm³/mol. The van der Waals surface area contributed by atoms with E-state index >= 15 is 0 Å². The number of benzene rings is 1. The average Bonchev–Trinajstić information content (AvgIpc) is 2.92. The molecule has 1 N–H and O–H groups in total. The minimum atomic E-state index is 1.21. The van der Waals surface area contributed by atoms with Crippen LogP contribution in [0.2, 0.25) is 0 Å². The lowest BCUT2D eigenvalue weighted by molar-refractivity contribution is 1.33. The van der Waals surface area contributed by atoms with E-state index in [9.17, 15) is 0 Å². The quantitative estimate of drug-likeness (QED) is 0.573. The Kier molecular flexibility index (Phi) is 5.89. The van der Waals surface area contributed by atoms with Crippen LogP contribution in [0.25, 0.3) is 10.9 Å². The van der Waals surface area contributed by atoms with Crippen molar-refractivity contribution in [2.24, 2.45) is 0 Å². The highest BCUT2D eigenvalue weighted by Crippen LogP contribution is 2.09. The molecule has 0 unspecified atom stereocenters. The highest BCUT2D eigenvalue weighted by Gasteiger charge is 1.86. The van der Waals surface area contributed by atoms with Gasteiger partial charge in [-0.15, -0.1) is 13.2 Å². The molecule has 0 aliphatic heterocycles. The number of aromatic amines is 1. The van der Waals surface area contributed by atoms with Crippen molar-refractivity contribution >= 4 is 10.9 Å². The highest BCUT2D eigenvalue weighted by atomic mass is 14.7. The Morgan fingerprint density at radius 2 is 1.53 bits per heavy atom. The Balaban J connectivity index is 0.000000158. The SMILES string of the molecule is C=C.c1ccc2[nH]ccc2c1.c1ccncc1. The van der Waals surface area contributed by atoms with E-state index in [0.717, 1.165) is 0 Å². The lowest BCUT2D eigenvalue weighted by Crippen LogP contribution is -1.61. The number of hydrogen-bond donors (Lipinski definition) is 1. The second kappa shape index (κ2) is 7.88. The number of hydrogen-bond acceptors (Lipinski definition) is 1. The number of aromatic nitrogens is 2. The Morgan fingerprint density at radius 1 is 0.824 bits per heavy atom. The van der Waals surface area contributed by atoms with E-state index in [1.807, 2.05) is 36.5 Å². The van der Waals surface area contributed by atoms with Crippen LogP contribution >= 0.6 is 0 Å². The van der Waals surface area contributed by atoms with E-state index in [0.29, 0.717) is 0 Å². The molecule has 0 aliphatic rings. The van der Waals surface area contributed by atoms with Gasteiger partial charge in [-0.2, -0.15) is 0 Å². The Bertz CT molecular complexity index is 457. The number of pyridine rings is 1. The van der Waals surface area contributed by atoms with Crippen molar-refractivity contribution in [1.29, 1.82) is 0 Å². The number of para-hydroxylation sites is 1. The maximum atomic E-state index is 3.78. The molecule has 0 saturated heterocycles. The first kappa shape index (κ1) is 12.7. The lowest BCUT2D eigenvalue weighted by atomic mass is 10.3. The summed E-state index contributed by atoms with van der Waals surface area (Å²) in [5, 5.41) is 1.28. The minimum Gasteiger partial charge on any atom is -0.361 e. The van der Waals surface area contributed by atoms with Crippen LogP contribution in [0, 0.1) is 0 Å². The summed E-state index contributed by atoms with van der Waals surface area (Å²) in [4.78, 5) is 6.90. The molecule has 86 valence electrons. The summed E-state index contributed by atoms with van der Waals surface area (Å²) in [5.74, 6) is 0. The second-order valence-corrected chi connectivity index (χ2v) is 3.09. The van der Waals surface area contributed by atoms with E-state index in [1.54, 1.807) is 12.4 Å². The van der Waals surface area contributed by atoms with Crippen molar-refractivity contribution in [3.8, 4) is 0 Å². The van der Waals surface area contributed by atoms with E-state index < -0.39 is 0 Å². The molecule has 0 saturated carbocycles. The molecule has 2 nitrogen and oxygen atoms in total. The summed E-state index contributed by atoms with van der Waals surface area (Å²) in [6.45, 7) is 6.00. The van der Waals surface area contributed by atoms with Gasteiger partial charge in [0, 0.05) is 24.1 Å². The summed E-state index contributed by atoms with van der Waals surface area (Å²) >= 11 is 0. The van der Waals surface area contributed by atoms with Gasteiger partial charge in [0.2, 0.25) is 0 Å². The van der Waals surface area contributed by atoms with Crippen LogP contribution in [0.4, 0.5) is 0 Å². The monoisotopic (exact) mass is 224 g/mol. The van der Waals surface area contributed by atoms with Crippen LogP contribution in [0.5, 0.6) is 0 Å². The normalized spacial score (nSPS) is 8.47. The van der Waals surface area contributed by atoms with Gasteiger partial charge in [0.25, 0.3) is 0 Å². The van der Waals surface area contributed by atoms with E-state index in [4.69, 9.17) is 0 Å². The van der Waals surface area contributed by atoms with Crippen molar-refractivity contribution in [3.63, 3.8) is 0 Å². The fraction of sp³-hybridized carbons (Fsp3) is 0. The molecule has 0 fully saturated rings. The Hall–Kier alpha value is -2.35. The molecule has 2 heteroatoms. The van der Waals surface area contributed by atoms with Crippen LogP contribution in [0.15, 0.2) is 80.3 Å². The fourth-order valence-corrected chi connectivity index (χ4v) is 1.31. The van der Waals surface area contributed by atoms with E-state index in [1.165, 1.54) is 10.9 Å². The first-order valence-corrected chi connectivity index (χ1v) is 5.34. The van der Waals surface area contributed by atoms with Gasteiger partial charge >= 0.3 is 0 Å². The minimum absolute atomic E-state index is 1.21. The summed E-state index contributed by atoms with van der Waals surface area (Å²) in [5.41, 5.74) is 1.21. The summed E-state index contributed by atoms with van der Waals surface area (Å²) in [6.07, 6.45) is 5.45. The van der Waals surface area contributed by atoms with Crippen LogP contribution < -0.4 is 0 Å². The summed E-state index contributed by atoms with van der Waals surface area (Å²) in [6, 6.07) is 16.0. The van der Waals surface area contributed by atoms with Crippen LogP contribution in [-0.2, 0) is 0 Å². The first-order chi connectivity index (χ1) is 8.47. The number of H-pyrrole nitrogens is 1. The molecule has 1 aromatic carbocycles. The second-order valence-electron chi connectivity index (χ2n) is 3.09. The zero-order valence-electron chi connectivity index (χ0n) is 9.71. The van der Waals surface area contributed by atoms with E-state index in [2.05, 4.69) is 41.3 Å². The number of nitrogens with one attached hydrogen (secondary N) is 1. The molecule has 0 atom stereocenters. The predicted octanol–water partition coefficient (Wildman–Crippen LogP) is 4.05. The van der Waals surface area contributed by atoms with Gasteiger partial charge in [0.15, 0.2) is 0 Å². The molecule has 3 rings (SSSR count).